The predicted molar refractivity (Wildman–Crippen MR) is 358 cm³/mol. The van der Waals surface area contributed by atoms with Crippen molar-refractivity contribution in [1.29, 1.82) is 0 Å². The zero-order valence-corrected chi connectivity index (χ0v) is 56.0. The van der Waals surface area contributed by atoms with Gasteiger partial charge in [-0.2, -0.15) is 0 Å². The first-order valence-electron chi connectivity index (χ1n) is 34.6. The Kier molecular flexibility index (Phi) is 54.6. The number of nitrogens with zero attached hydrogens (tertiary/aromatic N) is 2. The number of carbonyl (C=O) groups is 1. The largest absolute Gasteiger partial charge is 2.00 e. The van der Waals surface area contributed by atoms with Crippen molar-refractivity contribution in [1.82, 2.24) is 0 Å². The molecule has 0 fully saturated rings. The molecule has 2 aromatic carbocycles. The Morgan fingerprint density at radius 2 is 0.753 bits per heavy atom. The number of hydrogen-bond donors (Lipinski definition) is 0. The van der Waals surface area contributed by atoms with Crippen molar-refractivity contribution in [3.05, 3.63) is 127 Å². The maximum absolute atomic E-state index is 13.5. The summed E-state index contributed by atoms with van der Waals surface area (Å²) >= 11 is 0. The molecule has 2 aromatic rings. The molecule has 0 aromatic heterocycles. The van der Waals surface area contributed by atoms with E-state index in [1.165, 1.54) is 285 Å². The summed E-state index contributed by atoms with van der Waals surface area (Å²) in [7, 11) is 0. The van der Waals surface area contributed by atoms with Crippen LogP contribution in [-0.4, -0.2) is 10.5 Å². The molecule has 1 aliphatic heterocycles. The number of benzene rings is 2. The van der Waals surface area contributed by atoms with Crippen LogP contribution in [0.3, 0.4) is 0 Å². The first-order chi connectivity index (χ1) is 38.6. The van der Waals surface area contributed by atoms with Crippen molar-refractivity contribution in [3.63, 3.8) is 0 Å². The molecule has 1 aliphatic rings. The van der Waals surface area contributed by atoms with Crippen LogP contribution < -0.4 is 0 Å². The molecule has 0 amide bonds. The van der Waals surface area contributed by atoms with Crippen LogP contribution in [0.25, 0.3) is 16.9 Å². The van der Waals surface area contributed by atoms with Gasteiger partial charge in [0.1, 0.15) is 0 Å². The van der Waals surface area contributed by atoms with E-state index < -0.39 is 0 Å². The molecule has 4 heteroatoms. The van der Waals surface area contributed by atoms with E-state index in [2.05, 4.69) is 88.4 Å². The molecule has 0 radical (unpaired) electrons. The molecule has 0 saturated carbocycles. The first kappa shape index (κ1) is 78.3. The molecule has 0 spiro atoms. The second kappa shape index (κ2) is 56.5. The monoisotopic (exact) mass is 1200 g/mol. The van der Waals surface area contributed by atoms with E-state index in [0.29, 0.717) is 6.42 Å². The van der Waals surface area contributed by atoms with Crippen molar-refractivity contribution in [2.75, 3.05) is 0 Å². The molecular formula is C77H130N2OPd. The summed E-state index contributed by atoms with van der Waals surface area (Å²) in [6.45, 7) is 9.16. The number of allylic oxidation sites excluding steroid dienone is 6. The smallest absolute Gasteiger partial charge is 0.493 e. The van der Waals surface area contributed by atoms with Crippen LogP contribution in [0.5, 0.6) is 0 Å². The summed E-state index contributed by atoms with van der Waals surface area (Å²) in [5.74, 6) is 0.236. The number of rotatable bonds is 55. The van der Waals surface area contributed by atoms with E-state index in [0.717, 1.165) is 79.5 Å². The predicted octanol–water partition coefficient (Wildman–Crippen LogP) is 26.8. The molecule has 0 atom stereocenters. The van der Waals surface area contributed by atoms with Gasteiger partial charge in [0, 0.05) is 28.7 Å². The molecule has 0 bridgehead atoms. The van der Waals surface area contributed by atoms with Crippen molar-refractivity contribution >= 4 is 17.2 Å². The maximum atomic E-state index is 13.5. The van der Waals surface area contributed by atoms with Crippen LogP contribution in [0.2, 0.25) is 0 Å². The standard InChI is InChI=1S/C75H124N2O.2CH3.Pd/c1-5-9-13-17-20-23-25-27-29-30-31-32-33-34-35-36-37-38-40-43-45-48-51-57-67-58-55-56-59-70(67)75-72(61-53-49-46-44-41-39-28-26-24-21-18-14-10-6-2)71(60-52-16-12-8-4)74(77(75)76)69-65-63-68(64-66-69)73(78)62-54-50-47-42-22-19-15-11-7-3;;;/h43,45,53,55-56,58-59,61,63-66H,5-42,44,46-52,54,57,60,62H2,1-4H3;2*1H3;/q;2*-1;+2. The average Bonchev–Trinajstić information content (AvgIpc) is 3.73. The topological polar surface area (TPSA) is 42.4 Å². The third-order valence-electron chi connectivity index (χ3n) is 17.0. The van der Waals surface area contributed by atoms with Crippen LogP contribution in [0.4, 0.5) is 0 Å². The van der Waals surface area contributed by atoms with E-state index in [9.17, 15) is 10.3 Å². The average molecular weight is 1210 g/mol. The molecule has 3 rings (SSSR count). The van der Waals surface area contributed by atoms with Crippen LogP contribution in [0.1, 0.15) is 369 Å². The molecule has 0 saturated heterocycles. The summed E-state index contributed by atoms with van der Waals surface area (Å²) in [5, 5.41) is 0. The summed E-state index contributed by atoms with van der Waals surface area (Å²) in [4.78, 5) is 13.5. The Balaban J connectivity index is 0.0000213. The molecule has 3 nitrogen and oxygen atoms in total. The fourth-order valence-electron chi connectivity index (χ4n) is 12.0. The van der Waals surface area contributed by atoms with Gasteiger partial charge in [-0.3, -0.25) is 4.79 Å². The molecule has 1 heterocycles. The minimum atomic E-state index is 0. The second-order valence-corrected chi connectivity index (χ2v) is 24.2. The quantitative estimate of drug-likeness (QED) is 0.0163. The summed E-state index contributed by atoms with van der Waals surface area (Å²) < 4.78 is 1.54. The van der Waals surface area contributed by atoms with Gasteiger partial charge in [-0.1, -0.05) is 333 Å². The number of unbranched alkanes of at least 4 members (excludes halogenated alkanes) is 42. The Morgan fingerprint density at radius 1 is 0.395 bits per heavy atom. The van der Waals surface area contributed by atoms with Crippen molar-refractivity contribution in [2.45, 2.75) is 349 Å². The van der Waals surface area contributed by atoms with E-state index in [4.69, 9.17) is 0 Å². The van der Waals surface area contributed by atoms with Gasteiger partial charge in [-0.25, -0.2) is 4.70 Å². The van der Waals surface area contributed by atoms with Crippen LogP contribution in [0.15, 0.2) is 84.0 Å². The van der Waals surface area contributed by atoms with Crippen LogP contribution in [0, 0.1) is 14.9 Å². The van der Waals surface area contributed by atoms with E-state index in [1.54, 1.807) is 0 Å². The van der Waals surface area contributed by atoms with Gasteiger partial charge in [0.25, 0.3) is 0 Å². The Bertz CT molecular complexity index is 1900. The van der Waals surface area contributed by atoms with Gasteiger partial charge in [-0.15, -0.1) is 0 Å². The summed E-state index contributed by atoms with van der Waals surface area (Å²) in [6, 6.07) is 17.1. The van der Waals surface area contributed by atoms with Crippen LogP contribution >= 0.6 is 0 Å². The van der Waals surface area contributed by atoms with E-state index in [1.807, 2.05) is 12.1 Å². The molecule has 81 heavy (non-hydrogen) atoms. The number of Topliss-reactive ketones (excluding diaryl/α,β-unsaturated/α-hetero) is 1. The minimum absolute atomic E-state index is 0. The third-order valence-corrected chi connectivity index (χ3v) is 17.0. The minimum Gasteiger partial charge on any atom is -0.493 e. The van der Waals surface area contributed by atoms with Gasteiger partial charge in [0.2, 0.25) is 11.4 Å². The second-order valence-electron chi connectivity index (χ2n) is 24.2. The molecular weight excluding hydrogens is 1080 g/mol. The molecule has 0 unspecified atom stereocenters. The first-order valence-corrected chi connectivity index (χ1v) is 34.6. The van der Waals surface area contributed by atoms with Gasteiger partial charge in [0.05, 0.1) is 5.57 Å². The number of aryl methyl sites for hydroxylation is 1. The normalized spacial score (nSPS) is 12.5. The Hall–Kier alpha value is -2.67. The SMILES string of the molecule is CCCCCCCCCCCCCCC=CC1=C(c2ccccc2CCCC=CCCCCCCCCCCCCCCCCCCCC)[N+](=[N-])C(c2ccc(C(=O)CCCCCCCCCCC)cc2)=C1CCCCCC.[CH3-].[CH3-].[Pd+2]. The molecule has 0 aliphatic carbocycles. The van der Waals surface area contributed by atoms with Gasteiger partial charge in [-0.05, 0) is 88.0 Å². The van der Waals surface area contributed by atoms with E-state index in [-0.39, 0.29) is 41.1 Å². The summed E-state index contributed by atoms with van der Waals surface area (Å²) in [6.07, 6.45) is 74.4. The zero-order valence-electron chi connectivity index (χ0n) is 54.4. The van der Waals surface area contributed by atoms with Gasteiger partial charge >= 0.3 is 20.4 Å². The number of carbonyl (C=O) groups excluding carboxylic acids is 1. The molecule has 0 N–H and O–H groups in total. The van der Waals surface area contributed by atoms with E-state index >= 15 is 0 Å². The van der Waals surface area contributed by atoms with Crippen molar-refractivity contribution in [2.24, 2.45) is 0 Å². The Morgan fingerprint density at radius 3 is 1.19 bits per heavy atom. The molecule has 464 valence electrons. The van der Waals surface area contributed by atoms with Crippen molar-refractivity contribution < 1.29 is 29.9 Å². The number of hydrogen-bond acceptors (Lipinski definition) is 1. The van der Waals surface area contributed by atoms with Gasteiger partial charge in [0.15, 0.2) is 5.78 Å². The summed E-state index contributed by atoms with van der Waals surface area (Å²) in [5.41, 5.74) is 21.1. The fraction of sp³-hybridized carbons (Fsp3) is 0.701. The fourth-order valence-corrected chi connectivity index (χ4v) is 12.0. The number of ketones is 1. The maximum Gasteiger partial charge on any atom is 2.00 e. The van der Waals surface area contributed by atoms with Crippen LogP contribution in [-0.2, 0) is 26.8 Å². The van der Waals surface area contributed by atoms with Gasteiger partial charge < -0.3 is 20.4 Å². The zero-order chi connectivity index (χ0) is 55.6. The Labute approximate surface area is 519 Å². The van der Waals surface area contributed by atoms with Crippen molar-refractivity contribution in [3.8, 4) is 0 Å². The third kappa shape index (κ3) is 37.4.